The van der Waals surface area contributed by atoms with Crippen molar-refractivity contribution in [1.29, 1.82) is 0 Å². The van der Waals surface area contributed by atoms with Crippen molar-refractivity contribution in [2.75, 3.05) is 18.0 Å². The molecule has 1 N–H and O–H groups in total. The Kier molecular flexibility index (Phi) is 10.9. The largest absolute Gasteiger partial charge is 0.495 e. The van der Waals surface area contributed by atoms with E-state index in [1.54, 1.807) is 43.3 Å². The molecule has 1 saturated carbocycles. The Labute approximate surface area is 267 Å². The lowest BCUT2D eigenvalue weighted by Crippen LogP contribution is -2.52. The quantitative estimate of drug-likeness (QED) is 0.248. The smallest absolute Gasteiger partial charge is 0.264 e. The molecule has 1 aliphatic rings. The van der Waals surface area contributed by atoms with Crippen molar-refractivity contribution in [3.63, 3.8) is 0 Å². The van der Waals surface area contributed by atoms with Crippen LogP contribution in [-0.4, -0.2) is 50.9 Å². The van der Waals surface area contributed by atoms with Gasteiger partial charge in [-0.05, 0) is 74.7 Å². The third-order valence-corrected chi connectivity index (χ3v) is 10.1. The summed E-state index contributed by atoms with van der Waals surface area (Å²) < 4.78 is 34.6. The van der Waals surface area contributed by atoms with E-state index < -0.39 is 28.5 Å². The Morgan fingerprint density at radius 3 is 2.23 bits per heavy atom. The fourth-order valence-corrected chi connectivity index (χ4v) is 7.07. The molecule has 4 rings (SSSR count). The molecular formula is C31H34Cl3N3O5S. The normalized spacial score (nSPS) is 14.3. The molecule has 0 heterocycles. The van der Waals surface area contributed by atoms with Crippen LogP contribution in [0.1, 0.15) is 43.7 Å². The second-order valence-electron chi connectivity index (χ2n) is 10.6. The molecule has 2 amide bonds. The van der Waals surface area contributed by atoms with Gasteiger partial charge in [0.15, 0.2) is 0 Å². The number of rotatable bonds is 11. The number of halogens is 3. The average Bonchev–Trinajstić information content (AvgIpc) is 3.48. The number of sulfonamides is 1. The summed E-state index contributed by atoms with van der Waals surface area (Å²) in [5, 5.41) is 4.02. The van der Waals surface area contributed by atoms with E-state index in [1.165, 1.54) is 36.3 Å². The Balaban J connectivity index is 1.76. The highest BCUT2D eigenvalue weighted by Crippen LogP contribution is 2.35. The standard InChI is InChI=1S/C31H34Cl3N3O5S/c1-20-8-13-26(14-9-20)43(40,41)37(28-17-24(33)12-15-29(28)42-3)19-30(38)36(18-22-10-11-23(32)16-27(22)34)21(2)31(39)35-25-6-4-5-7-25/h8-17,21,25H,4-7,18-19H2,1-3H3,(H,35,39)/t21-/m1/s1. The van der Waals surface area contributed by atoms with Crippen LogP contribution in [0.5, 0.6) is 5.75 Å². The zero-order valence-corrected chi connectivity index (χ0v) is 27.2. The van der Waals surface area contributed by atoms with Gasteiger partial charge in [-0.1, -0.05) is 71.4 Å². The second kappa shape index (κ2) is 14.2. The average molecular weight is 667 g/mol. The van der Waals surface area contributed by atoms with Crippen LogP contribution in [0.25, 0.3) is 0 Å². The van der Waals surface area contributed by atoms with Crippen molar-refractivity contribution in [2.45, 2.75) is 63.1 Å². The van der Waals surface area contributed by atoms with Gasteiger partial charge in [0.05, 0.1) is 17.7 Å². The summed E-state index contributed by atoms with van der Waals surface area (Å²) >= 11 is 18.9. The van der Waals surface area contributed by atoms with Crippen LogP contribution in [0.2, 0.25) is 15.1 Å². The van der Waals surface area contributed by atoms with Gasteiger partial charge in [0.25, 0.3) is 10.0 Å². The molecule has 3 aromatic rings. The van der Waals surface area contributed by atoms with E-state index in [9.17, 15) is 18.0 Å². The second-order valence-corrected chi connectivity index (χ2v) is 13.7. The number of nitrogens with zero attached hydrogens (tertiary/aromatic N) is 2. The number of benzene rings is 3. The monoisotopic (exact) mass is 665 g/mol. The fourth-order valence-electron chi connectivity index (χ4n) is 5.02. The van der Waals surface area contributed by atoms with E-state index in [-0.39, 0.29) is 39.8 Å². The lowest BCUT2D eigenvalue weighted by molar-refractivity contribution is -0.139. The first kappa shape index (κ1) is 32.9. The minimum absolute atomic E-state index is 0.0211. The molecule has 1 aliphatic carbocycles. The molecule has 43 heavy (non-hydrogen) atoms. The zero-order valence-electron chi connectivity index (χ0n) is 24.1. The van der Waals surface area contributed by atoms with Crippen molar-refractivity contribution < 1.29 is 22.7 Å². The highest BCUT2D eigenvalue weighted by Gasteiger charge is 2.35. The number of nitrogens with one attached hydrogen (secondary N) is 1. The molecule has 1 atom stereocenters. The highest BCUT2D eigenvalue weighted by atomic mass is 35.5. The maximum atomic E-state index is 14.2. The first-order valence-corrected chi connectivity index (χ1v) is 16.4. The number of anilines is 1. The number of hydrogen-bond donors (Lipinski definition) is 1. The molecular weight excluding hydrogens is 633 g/mol. The number of aryl methyl sites for hydroxylation is 1. The summed E-state index contributed by atoms with van der Waals surface area (Å²) in [7, 11) is -2.90. The van der Waals surface area contributed by atoms with Crippen LogP contribution in [0.4, 0.5) is 5.69 Å². The number of carbonyl (C=O) groups is 2. The topological polar surface area (TPSA) is 96.0 Å². The molecule has 3 aromatic carbocycles. The van der Waals surface area contributed by atoms with E-state index in [1.807, 2.05) is 6.92 Å². The van der Waals surface area contributed by atoms with Crippen molar-refractivity contribution >= 4 is 62.3 Å². The summed E-state index contributed by atoms with van der Waals surface area (Å²) in [6, 6.07) is 14.8. The molecule has 230 valence electrons. The molecule has 0 spiro atoms. The molecule has 12 heteroatoms. The van der Waals surface area contributed by atoms with E-state index in [0.29, 0.717) is 15.6 Å². The predicted molar refractivity (Wildman–Crippen MR) is 171 cm³/mol. The number of methoxy groups -OCH3 is 1. The molecule has 8 nitrogen and oxygen atoms in total. The first-order chi connectivity index (χ1) is 20.4. The minimum atomic E-state index is -4.30. The number of hydrogen-bond acceptors (Lipinski definition) is 5. The van der Waals surface area contributed by atoms with E-state index in [4.69, 9.17) is 39.5 Å². The molecule has 0 bridgehead atoms. The summed E-state index contributed by atoms with van der Waals surface area (Å²) in [5.41, 5.74) is 1.50. The van der Waals surface area contributed by atoms with E-state index in [0.717, 1.165) is 35.6 Å². The van der Waals surface area contributed by atoms with Gasteiger partial charge >= 0.3 is 0 Å². The third-order valence-electron chi connectivity index (χ3n) is 7.52. The number of carbonyl (C=O) groups excluding carboxylic acids is 2. The van der Waals surface area contributed by atoms with Gasteiger partial charge in [0.1, 0.15) is 18.3 Å². The molecule has 0 saturated heterocycles. The Hall–Kier alpha value is -2.98. The van der Waals surface area contributed by atoms with Crippen molar-refractivity contribution in [3.8, 4) is 5.75 Å². The van der Waals surface area contributed by atoms with Gasteiger partial charge in [0, 0.05) is 27.7 Å². The van der Waals surface area contributed by atoms with Gasteiger partial charge in [0.2, 0.25) is 11.8 Å². The van der Waals surface area contributed by atoms with Crippen LogP contribution >= 0.6 is 34.8 Å². The minimum Gasteiger partial charge on any atom is -0.495 e. The fraction of sp³-hybridized carbons (Fsp3) is 0.355. The predicted octanol–water partition coefficient (Wildman–Crippen LogP) is 6.64. The summed E-state index contributed by atoms with van der Waals surface area (Å²) in [5.74, 6) is -0.761. The van der Waals surface area contributed by atoms with Crippen LogP contribution in [0.3, 0.4) is 0 Å². The van der Waals surface area contributed by atoms with Gasteiger partial charge in [-0.25, -0.2) is 8.42 Å². The van der Waals surface area contributed by atoms with Crippen LogP contribution < -0.4 is 14.4 Å². The Morgan fingerprint density at radius 2 is 1.60 bits per heavy atom. The Bertz CT molecular complexity index is 1580. The van der Waals surface area contributed by atoms with E-state index >= 15 is 0 Å². The lowest BCUT2D eigenvalue weighted by Gasteiger charge is -2.33. The van der Waals surface area contributed by atoms with Gasteiger partial charge in [-0.3, -0.25) is 13.9 Å². The van der Waals surface area contributed by atoms with Crippen molar-refractivity contribution in [3.05, 3.63) is 86.9 Å². The van der Waals surface area contributed by atoms with Crippen LogP contribution in [-0.2, 0) is 26.2 Å². The maximum Gasteiger partial charge on any atom is 0.264 e. The summed E-state index contributed by atoms with van der Waals surface area (Å²) in [4.78, 5) is 28.9. The zero-order chi connectivity index (χ0) is 31.3. The Morgan fingerprint density at radius 1 is 0.977 bits per heavy atom. The van der Waals surface area contributed by atoms with Gasteiger partial charge < -0.3 is 15.0 Å². The van der Waals surface area contributed by atoms with E-state index in [2.05, 4.69) is 5.32 Å². The van der Waals surface area contributed by atoms with Gasteiger partial charge in [-0.15, -0.1) is 0 Å². The molecule has 0 aliphatic heterocycles. The SMILES string of the molecule is COc1ccc(Cl)cc1N(CC(=O)N(Cc1ccc(Cl)cc1Cl)[C@H](C)C(=O)NC1CCCC1)S(=O)(=O)c1ccc(C)cc1. The number of ether oxygens (including phenoxy) is 1. The van der Waals surface area contributed by atoms with Crippen molar-refractivity contribution in [1.82, 2.24) is 10.2 Å². The van der Waals surface area contributed by atoms with Crippen LogP contribution in [0.15, 0.2) is 65.6 Å². The van der Waals surface area contributed by atoms with Crippen molar-refractivity contribution in [2.24, 2.45) is 0 Å². The molecule has 0 unspecified atom stereocenters. The highest BCUT2D eigenvalue weighted by molar-refractivity contribution is 7.92. The first-order valence-electron chi connectivity index (χ1n) is 13.9. The lowest BCUT2D eigenvalue weighted by atomic mass is 10.1. The molecule has 1 fully saturated rings. The summed E-state index contributed by atoms with van der Waals surface area (Å²) in [6.07, 6.45) is 3.78. The maximum absolute atomic E-state index is 14.2. The summed E-state index contributed by atoms with van der Waals surface area (Å²) in [6.45, 7) is 2.76. The van der Waals surface area contributed by atoms with Crippen LogP contribution in [0, 0.1) is 6.92 Å². The third kappa shape index (κ3) is 7.95. The molecule has 0 radical (unpaired) electrons. The molecule has 0 aromatic heterocycles. The number of amides is 2. The van der Waals surface area contributed by atoms with Gasteiger partial charge in [-0.2, -0.15) is 0 Å².